The summed E-state index contributed by atoms with van der Waals surface area (Å²) in [6.07, 6.45) is 1.19. The van der Waals surface area contributed by atoms with E-state index in [1.54, 1.807) is 0 Å². The van der Waals surface area contributed by atoms with Gasteiger partial charge in [-0.1, -0.05) is 6.07 Å². The van der Waals surface area contributed by atoms with E-state index in [2.05, 4.69) is 40.4 Å². The van der Waals surface area contributed by atoms with Gasteiger partial charge in [0.2, 0.25) is 0 Å². The number of aromatic amines is 1. The summed E-state index contributed by atoms with van der Waals surface area (Å²) in [5.74, 6) is 1.71. The van der Waals surface area contributed by atoms with Gasteiger partial charge >= 0.3 is 0 Å². The minimum Gasteiger partial charge on any atom is -0.342 e. The van der Waals surface area contributed by atoms with Gasteiger partial charge in [0.15, 0.2) is 0 Å². The van der Waals surface area contributed by atoms with Crippen molar-refractivity contribution in [2.24, 2.45) is 0 Å². The predicted molar refractivity (Wildman–Crippen MR) is 61.1 cm³/mol. The van der Waals surface area contributed by atoms with Gasteiger partial charge in [-0.15, -0.1) is 0 Å². The summed E-state index contributed by atoms with van der Waals surface area (Å²) >= 11 is 0. The van der Waals surface area contributed by atoms with Crippen LogP contribution in [0.25, 0.3) is 11.0 Å². The Hall–Kier alpha value is -1.35. The first-order valence-corrected chi connectivity index (χ1v) is 5.50. The minimum absolute atomic E-state index is 0.567. The van der Waals surface area contributed by atoms with Gasteiger partial charge in [0, 0.05) is 12.5 Å². The Labute approximate surface area is 88.9 Å². The molecule has 3 nitrogen and oxygen atoms in total. The topological polar surface area (TPSA) is 40.7 Å². The van der Waals surface area contributed by atoms with Crippen LogP contribution in [0.5, 0.6) is 0 Å². The van der Waals surface area contributed by atoms with Crippen LogP contribution >= 0.6 is 0 Å². The molecular formula is C12H15N3. The summed E-state index contributed by atoms with van der Waals surface area (Å²) in [7, 11) is 0. The van der Waals surface area contributed by atoms with E-state index in [1.165, 1.54) is 12.0 Å². The molecule has 0 bridgehead atoms. The van der Waals surface area contributed by atoms with E-state index >= 15 is 0 Å². The Balaban J connectivity index is 2.05. The molecule has 1 aliphatic rings. The smallest absolute Gasteiger partial charge is 0.111 e. The number of H-pyrrole nitrogens is 1. The molecule has 3 rings (SSSR count). The van der Waals surface area contributed by atoms with Crippen LogP contribution in [0.3, 0.4) is 0 Å². The Morgan fingerprint density at radius 2 is 2.33 bits per heavy atom. The normalized spacial score (nSPS) is 21.3. The predicted octanol–water partition coefficient (Wildman–Crippen LogP) is 1.95. The third kappa shape index (κ3) is 1.53. The van der Waals surface area contributed by atoms with Crippen molar-refractivity contribution in [1.29, 1.82) is 0 Å². The van der Waals surface area contributed by atoms with E-state index in [9.17, 15) is 0 Å². The molecule has 2 N–H and O–H groups in total. The first kappa shape index (κ1) is 8.92. The summed E-state index contributed by atoms with van der Waals surface area (Å²) in [6.45, 7) is 4.27. The van der Waals surface area contributed by atoms with Gasteiger partial charge in [-0.3, -0.25) is 0 Å². The first-order chi connectivity index (χ1) is 7.33. The SMILES string of the molecule is Cc1ccc2nc([C@@H]3CCNC3)[nH]c2c1. The Morgan fingerprint density at radius 1 is 1.40 bits per heavy atom. The van der Waals surface area contributed by atoms with Crippen LogP contribution in [0.4, 0.5) is 0 Å². The molecule has 78 valence electrons. The van der Waals surface area contributed by atoms with Crippen molar-refractivity contribution < 1.29 is 0 Å². The Morgan fingerprint density at radius 3 is 3.13 bits per heavy atom. The van der Waals surface area contributed by atoms with Crippen LogP contribution in [0.15, 0.2) is 18.2 Å². The molecule has 2 heterocycles. The fourth-order valence-electron chi connectivity index (χ4n) is 2.22. The highest BCUT2D eigenvalue weighted by Crippen LogP contribution is 2.22. The molecule has 1 aliphatic heterocycles. The molecule has 0 radical (unpaired) electrons. The molecule has 2 aromatic rings. The zero-order valence-corrected chi connectivity index (χ0v) is 8.88. The number of benzene rings is 1. The average molecular weight is 201 g/mol. The van der Waals surface area contributed by atoms with Crippen LogP contribution < -0.4 is 5.32 Å². The summed E-state index contributed by atoms with van der Waals surface area (Å²) in [5.41, 5.74) is 3.53. The highest BCUT2D eigenvalue weighted by atomic mass is 15.0. The van der Waals surface area contributed by atoms with Crippen molar-refractivity contribution in [3.8, 4) is 0 Å². The van der Waals surface area contributed by atoms with Crippen LogP contribution in [0, 0.1) is 6.92 Å². The second kappa shape index (κ2) is 3.35. The molecule has 0 saturated carbocycles. The van der Waals surface area contributed by atoms with Crippen molar-refractivity contribution in [3.05, 3.63) is 29.6 Å². The van der Waals surface area contributed by atoms with Gasteiger partial charge in [0.25, 0.3) is 0 Å². The first-order valence-electron chi connectivity index (χ1n) is 5.50. The Kier molecular flexibility index (Phi) is 1.99. The second-order valence-electron chi connectivity index (χ2n) is 4.33. The number of imidazole rings is 1. The van der Waals surface area contributed by atoms with Crippen LogP contribution in [0.2, 0.25) is 0 Å². The van der Waals surface area contributed by atoms with E-state index < -0.39 is 0 Å². The van der Waals surface area contributed by atoms with Gasteiger partial charge in [-0.2, -0.15) is 0 Å². The molecule has 0 aliphatic carbocycles. The van der Waals surface area contributed by atoms with E-state index in [0.717, 1.165) is 29.9 Å². The van der Waals surface area contributed by atoms with Crippen molar-refractivity contribution in [2.45, 2.75) is 19.3 Å². The molecule has 0 unspecified atom stereocenters. The maximum Gasteiger partial charge on any atom is 0.111 e. The molecule has 0 spiro atoms. The highest BCUT2D eigenvalue weighted by Gasteiger charge is 2.19. The lowest BCUT2D eigenvalue weighted by Gasteiger charge is -2.01. The standard InChI is InChI=1S/C12H15N3/c1-8-2-3-10-11(6-8)15-12(14-10)9-4-5-13-7-9/h2-3,6,9,13H,4-5,7H2,1H3,(H,14,15)/t9-/m1/s1. The number of rotatable bonds is 1. The maximum atomic E-state index is 4.64. The number of aryl methyl sites for hydroxylation is 1. The van der Waals surface area contributed by atoms with E-state index in [-0.39, 0.29) is 0 Å². The summed E-state index contributed by atoms with van der Waals surface area (Å²) < 4.78 is 0. The van der Waals surface area contributed by atoms with Crippen molar-refractivity contribution in [3.63, 3.8) is 0 Å². The van der Waals surface area contributed by atoms with Gasteiger partial charge in [-0.05, 0) is 37.6 Å². The number of nitrogens with one attached hydrogen (secondary N) is 2. The lowest BCUT2D eigenvalue weighted by Crippen LogP contribution is -2.08. The molecule has 1 atom stereocenters. The van der Waals surface area contributed by atoms with E-state index in [0.29, 0.717) is 5.92 Å². The third-order valence-electron chi connectivity index (χ3n) is 3.10. The minimum atomic E-state index is 0.567. The molecule has 1 saturated heterocycles. The molecule has 0 amide bonds. The zero-order valence-electron chi connectivity index (χ0n) is 8.88. The van der Waals surface area contributed by atoms with Crippen LogP contribution in [-0.4, -0.2) is 23.1 Å². The van der Waals surface area contributed by atoms with E-state index in [4.69, 9.17) is 0 Å². The summed E-state index contributed by atoms with van der Waals surface area (Å²) in [4.78, 5) is 8.07. The second-order valence-corrected chi connectivity index (χ2v) is 4.33. The van der Waals surface area contributed by atoms with Gasteiger partial charge < -0.3 is 10.3 Å². The molecule has 3 heteroatoms. The van der Waals surface area contributed by atoms with Gasteiger partial charge in [-0.25, -0.2) is 4.98 Å². The lowest BCUT2D eigenvalue weighted by molar-refractivity contribution is 0.717. The number of fused-ring (bicyclic) bond motifs is 1. The van der Waals surface area contributed by atoms with E-state index in [1.807, 2.05) is 0 Å². The number of hydrogen-bond donors (Lipinski definition) is 2. The highest BCUT2D eigenvalue weighted by molar-refractivity contribution is 5.75. The van der Waals surface area contributed by atoms with Crippen LogP contribution in [0.1, 0.15) is 23.7 Å². The van der Waals surface area contributed by atoms with Gasteiger partial charge in [0.1, 0.15) is 5.82 Å². The quantitative estimate of drug-likeness (QED) is 0.740. The summed E-state index contributed by atoms with van der Waals surface area (Å²) in [5, 5.41) is 3.37. The maximum absolute atomic E-state index is 4.64. The van der Waals surface area contributed by atoms with Crippen molar-refractivity contribution >= 4 is 11.0 Å². The Bertz CT molecular complexity index is 481. The third-order valence-corrected chi connectivity index (χ3v) is 3.10. The molecule has 15 heavy (non-hydrogen) atoms. The monoisotopic (exact) mass is 201 g/mol. The van der Waals surface area contributed by atoms with Crippen molar-refractivity contribution in [2.75, 3.05) is 13.1 Å². The summed E-state index contributed by atoms with van der Waals surface area (Å²) in [6, 6.07) is 6.36. The fourth-order valence-corrected chi connectivity index (χ4v) is 2.22. The largest absolute Gasteiger partial charge is 0.342 e. The number of nitrogens with zero attached hydrogens (tertiary/aromatic N) is 1. The average Bonchev–Trinajstić information content (AvgIpc) is 2.84. The van der Waals surface area contributed by atoms with Crippen LogP contribution in [-0.2, 0) is 0 Å². The fraction of sp³-hybridized carbons (Fsp3) is 0.417. The van der Waals surface area contributed by atoms with Gasteiger partial charge in [0.05, 0.1) is 11.0 Å². The molecule has 1 aromatic heterocycles. The molecule has 1 aromatic carbocycles. The zero-order chi connectivity index (χ0) is 10.3. The number of aromatic nitrogens is 2. The molecular weight excluding hydrogens is 186 g/mol. The van der Waals surface area contributed by atoms with Crippen molar-refractivity contribution in [1.82, 2.24) is 15.3 Å². The number of hydrogen-bond acceptors (Lipinski definition) is 2. The lowest BCUT2D eigenvalue weighted by atomic mass is 10.1. The molecule has 1 fully saturated rings.